The number of unbranched alkanes of at least 4 members (excludes halogenated alkanes) is 5. The van der Waals surface area contributed by atoms with Crippen LogP contribution in [0.1, 0.15) is 65.2 Å². The van der Waals surface area contributed by atoms with Gasteiger partial charge in [0.25, 0.3) is 0 Å². The topological polar surface area (TPSA) is 61.6 Å². The monoisotopic (exact) mass is 371 g/mol. The minimum atomic E-state index is -6.09. The molecule has 0 aromatic carbocycles. The molecule has 1 N–H and O–H groups in total. The van der Waals surface area contributed by atoms with Gasteiger partial charge in [-0.3, -0.25) is 4.90 Å². The van der Waals surface area contributed by atoms with E-state index in [-0.39, 0.29) is 0 Å². The van der Waals surface area contributed by atoms with E-state index in [2.05, 4.69) is 32.2 Å². The van der Waals surface area contributed by atoms with E-state index in [4.69, 9.17) is 13.0 Å². The van der Waals surface area contributed by atoms with Gasteiger partial charge in [0, 0.05) is 12.5 Å². The first-order valence-corrected chi connectivity index (χ1v) is 9.79. The number of alkyl halides is 3. The van der Waals surface area contributed by atoms with E-state index < -0.39 is 15.6 Å². The molecule has 1 heterocycles. The molecule has 0 spiro atoms. The molecule has 0 aliphatic carbocycles. The smallest absolute Gasteiger partial charge is 0.485 e. The quantitative estimate of drug-likeness (QED) is 0.383. The average molecular weight is 371 g/mol. The first-order chi connectivity index (χ1) is 11.1. The molecule has 8 heteroatoms. The van der Waals surface area contributed by atoms with Crippen LogP contribution in [0.5, 0.6) is 0 Å². The summed E-state index contributed by atoms with van der Waals surface area (Å²) in [5.41, 5.74) is -4.04. The van der Waals surface area contributed by atoms with Crippen molar-refractivity contribution in [1.82, 2.24) is 0 Å². The maximum absolute atomic E-state index is 10.7. The summed E-state index contributed by atoms with van der Waals surface area (Å²) in [6, 6.07) is 0. The van der Waals surface area contributed by atoms with Crippen LogP contribution in [-0.2, 0) is 10.1 Å². The normalized spacial score (nSPS) is 17.4. The fourth-order valence-electron chi connectivity index (χ4n) is 2.27. The summed E-state index contributed by atoms with van der Waals surface area (Å²) in [5, 5.41) is 0. The molecule has 1 aliphatic heterocycles. The number of hydrogen-bond acceptors (Lipinski definition) is 3. The van der Waals surface area contributed by atoms with Gasteiger partial charge in [0.2, 0.25) is 0 Å². The molecule has 1 atom stereocenters. The van der Waals surface area contributed by atoms with E-state index in [0.29, 0.717) is 0 Å². The first kappa shape index (κ1) is 23.1. The first-order valence-electron chi connectivity index (χ1n) is 8.39. The Kier molecular flexibility index (Phi) is 11.2. The van der Waals surface area contributed by atoms with Crippen LogP contribution in [0.15, 0.2) is 24.0 Å². The van der Waals surface area contributed by atoms with E-state index >= 15 is 0 Å². The Morgan fingerprint density at radius 3 is 2.08 bits per heavy atom. The van der Waals surface area contributed by atoms with Crippen molar-refractivity contribution in [3.8, 4) is 0 Å². The zero-order chi connectivity index (χ0) is 18.6. The maximum Gasteiger partial charge on any atom is 0.485 e. The van der Waals surface area contributed by atoms with Crippen LogP contribution in [0.2, 0.25) is 0 Å². The Morgan fingerprint density at radius 1 is 1.04 bits per heavy atom. The zero-order valence-electron chi connectivity index (χ0n) is 14.4. The van der Waals surface area contributed by atoms with Gasteiger partial charge in [-0.2, -0.15) is 13.2 Å². The van der Waals surface area contributed by atoms with Crippen LogP contribution in [0, 0.1) is 0 Å². The Morgan fingerprint density at radius 2 is 1.58 bits per heavy atom. The van der Waals surface area contributed by atoms with Crippen LogP contribution in [0.3, 0.4) is 0 Å². The Hall–Kier alpha value is -0.860. The van der Waals surface area contributed by atoms with Crippen molar-refractivity contribution >= 4 is 10.1 Å². The molecular weight excluding hydrogens is 343 g/mol. The van der Waals surface area contributed by atoms with Gasteiger partial charge < -0.3 is 4.55 Å². The van der Waals surface area contributed by atoms with Crippen molar-refractivity contribution in [3.05, 3.63) is 24.0 Å². The molecule has 0 fully saturated rings. The number of hydrogen-bond donors (Lipinski definition) is 1. The van der Waals surface area contributed by atoms with E-state index in [0.717, 1.165) is 0 Å². The number of allylic oxidation sites excluding steroid dienone is 3. The molecule has 1 rings (SSSR count). The minimum Gasteiger partial charge on any atom is -0.741 e. The van der Waals surface area contributed by atoms with Gasteiger partial charge >= 0.3 is 5.51 Å². The van der Waals surface area contributed by atoms with Crippen LogP contribution in [0.4, 0.5) is 13.2 Å². The third-order valence-electron chi connectivity index (χ3n) is 3.64. The molecule has 0 bridgehead atoms. The average Bonchev–Trinajstić information content (AvgIpc) is 2.91. The van der Waals surface area contributed by atoms with Gasteiger partial charge in [0.1, 0.15) is 5.70 Å². The van der Waals surface area contributed by atoms with Gasteiger partial charge in [0.05, 0.1) is 12.7 Å². The van der Waals surface area contributed by atoms with Gasteiger partial charge in [-0.25, -0.2) is 8.42 Å². The SMILES string of the molecule is CCCCCCC[NH+]1C=CC=C1CCCC.O=S(=O)([O-])C(F)(F)F. The number of rotatable bonds is 9. The molecule has 0 saturated heterocycles. The van der Waals surface area contributed by atoms with Crippen LogP contribution in [-0.4, -0.2) is 25.0 Å². The fraction of sp³-hybridized carbons (Fsp3) is 0.750. The highest BCUT2D eigenvalue weighted by atomic mass is 32.2. The highest BCUT2D eigenvalue weighted by molar-refractivity contribution is 7.86. The van der Waals surface area contributed by atoms with E-state index in [1.807, 2.05) is 0 Å². The highest BCUT2D eigenvalue weighted by Crippen LogP contribution is 2.20. The molecule has 24 heavy (non-hydrogen) atoms. The largest absolute Gasteiger partial charge is 0.741 e. The summed E-state index contributed by atoms with van der Waals surface area (Å²) in [6.45, 7) is 5.85. The molecule has 0 radical (unpaired) electrons. The fourth-order valence-corrected chi connectivity index (χ4v) is 2.27. The molecule has 1 aliphatic rings. The molecule has 0 amide bonds. The van der Waals surface area contributed by atoms with Gasteiger partial charge in [-0.15, -0.1) is 0 Å². The second kappa shape index (κ2) is 11.7. The third-order valence-corrected chi connectivity index (χ3v) is 4.21. The second-order valence-corrected chi connectivity index (χ2v) is 7.12. The molecule has 142 valence electrons. The Labute approximate surface area is 143 Å². The summed E-state index contributed by atoms with van der Waals surface area (Å²) in [6.07, 6.45) is 17.8. The van der Waals surface area contributed by atoms with Crippen molar-refractivity contribution in [1.29, 1.82) is 0 Å². The van der Waals surface area contributed by atoms with Gasteiger partial charge in [-0.1, -0.05) is 39.5 Å². The third kappa shape index (κ3) is 10.1. The standard InChI is InChI=1S/C15H27N.CHF3O3S/c1-3-5-7-8-9-13-16-14-10-12-15(16)11-6-4-2;2-1(3,4)8(5,6)7/h10,12,14H,3-9,11,13H2,1-2H3;(H,5,6,7). The van der Waals surface area contributed by atoms with Crippen molar-refractivity contribution in [2.75, 3.05) is 6.54 Å². The second-order valence-electron chi connectivity index (χ2n) is 5.74. The minimum absolute atomic E-state index is 1.29. The van der Waals surface area contributed by atoms with Crippen LogP contribution >= 0.6 is 0 Å². The van der Waals surface area contributed by atoms with Crippen molar-refractivity contribution < 1.29 is 31.0 Å². The molecule has 0 aromatic rings. The van der Waals surface area contributed by atoms with E-state index in [1.54, 1.807) is 10.6 Å². The summed E-state index contributed by atoms with van der Waals surface area (Å²) in [7, 11) is -6.09. The lowest BCUT2D eigenvalue weighted by Gasteiger charge is -2.14. The van der Waals surface area contributed by atoms with Crippen LogP contribution in [0.25, 0.3) is 0 Å². The number of halogens is 3. The zero-order valence-corrected chi connectivity index (χ0v) is 15.2. The van der Waals surface area contributed by atoms with E-state index in [9.17, 15) is 13.2 Å². The summed E-state index contributed by atoms with van der Waals surface area (Å²) in [5.74, 6) is 0. The summed E-state index contributed by atoms with van der Waals surface area (Å²) >= 11 is 0. The number of quaternary nitrogens is 1. The Bertz CT molecular complexity index is 499. The van der Waals surface area contributed by atoms with Crippen molar-refractivity contribution in [2.45, 2.75) is 70.7 Å². The molecule has 4 nitrogen and oxygen atoms in total. The predicted octanol–water partition coefficient (Wildman–Crippen LogP) is 3.49. The van der Waals surface area contributed by atoms with Gasteiger partial charge in [-0.05, 0) is 25.3 Å². The van der Waals surface area contributed by atoms with Crippen LogP contribution < -0.4 is 4.90 Å². The summed E-state index contributed by atoms with van der Waals surface area (Å²) < 4.78 is 58.9. The Balaban J connectivity index is 0.000000561. The summed E-state index contributed by atoms with van der Waals surface area (Å²) in [4.78, 5) is 1.62. The van der Waals surface area contributed by atoms with Gasteiger partial charge in [0.15, 0.2) is 10.1 Å². The highest BCUT2D eigenvalue weighted by Gasteiger charge is 2.36. The predicted molar refractivity (Wildman–Crippen MR) is 87.1 cm³/mol. The van der Waals surface area contributed by atoms with E-state index in [1.165, 1.54) is 57.9 Å². The van der Waals surface area contributed by atoms with Crippen molar-refractivity contribution in [3.63, 3.8) is 0 Å². The molecule has 1 unspecified atom stereocenters. The molecule has 0 aromatic heterocycles. The molecular formula is C16H28F3NO3S. The lowest BCUT2D eigenvalue weighted by Crippen LogP contribution is -3.04. The molecule has 0 saturated carbocycles. The lowest BCUT2D eigenvalue weighted by molar-refractivity contribution is -0.804. The maximum atomic E-state index is 10.7. The van der Waals surface area contributed by atoms with Crippen molar-refractivity contribution in [2.24, 2.45) is 0 Å². The number of nitrogens with one attached hydrogen (secondary N) is 1. The lowest BCUT2D eigenvalue weighted by atomic mass is 10.1.